The van der Waals surface area contributed by atoms with E-state index in [2.05, 4.69) is 36.5 Å². The van der Waals surface area contributed by atoms with Gasteiger partial charge in [0, 0.05) is 23.2 Å². The first-order valence-electron chi connectivity index (χ1n) is 7.96. The Labute approximate surface area is 146 Å². The van der Waals surface area contributed by atoms with E-state index in [0.29, 0.717) is 12.2 Å². The topological polar surface area (TPSA) is 32.3 Å². The molecule has 0 bridgehead atoms. The molecule has 3 rings (SSSR count). The zero-order valence-corrected chi connectivity index (χ0v) is 14.4. The number of benzene rings is 2. The van der Waals surface area contributed by atoms with E-state index in [-0.39, 0.29) is 5.75 Å². The summed E-state index contributed by atoms with van der Waals surface area (Å²) in [5.74, 6) is -0.943. The molecule has 2 nitrogen and oxygen atoms in total. The van der Waals surface area contributed by atoms with Gasteiger partial charge in [-0.2, -0.15) is 0 Å². The van der Waals surface area contributed by atoms with E-state index in [4.69, 9.17) is 0 Å². The maximum Gasteiger partial charge on any atom is 0.166 e. The van der Waals surface area contributed by atoms with E-state index in [0.717, 1.165) is 12.8 Å². The summed E-state index contributed by atoms with van der Waals surface area (Å²) in [5.41, 5.74) is 3.24. The van der Waals surface area contributed by atoms with Crippen LogP contribution in [0.2, 0.25) is 0 Å². The van der Waals surface area contributed by atoms with E-state index in [1.54, 1.807) is 17.8 Å². The molecule has 2 aromatic carbocycles. The smallest absolute Gasteiger partial charge is 0.166 e. The zero-order valence-electron chi connectivity index (χ0n) is 13.6. The third kappa shape index (κ3) is 4.20. The minimum Gasteiger partial charge on any atom is -0.505 e. The van der Waals surface area contributed by atoms with Crippen LogP contribution in [-0.2, 0) is 6.54 Å². The van der Waals surface area contributed by atoms with Crippen LogP contribution >= 0.6 is 11.8 Å². The van der Waals surface area contributed by atoms with Gasteiger partial charge in [-0.15, -0.1) is 0 Å². The van der Waals surface area contributed by atoms with Crippen molar-refractivity contribution in [3.63, 3.8) is 0 Å². The highest BCUT2D eigenvalue weighted by atomic mass is 32.2. The van der Waals surface area contributed by atoms with Crippen LogP contribution in [0.4, 0.5) is 10.1 Å². The summed E-state index contributed by atoms with van der Waals surface area (Å²) in [4.78, 5) is 2.58. The fourth-order valence-electron chi connectivity index (χ4n) is 2.51. The van der Waals surface area contributed by atoms with Crippen molar-refractivity contribution in [1.82, 2.24) is 0 Å². The van der Waals surface area contributed by atoms with Crippen LogP contribution < -0.4 is 5.32 Å². The fourth-order valence-corrected chi connectivity index (χ4v) is 3.55. The number of halogens is 1. The van der Waals surface area contributed by atoms with Crippen molar-refractivity contribution in [2.24, 2.45) is 0 Å². The number of phenolic OH excluding ortho intramolecular Hbond substituents is 1. The first-order chi connectivity index (χ1) is 11.6. The molecule has 0 aliphatic heterocycles. The summed E-state index contributed by atoms with van der Waals surface area (Å²) in [5, 5.41) is 12.5. The Bertz CT molecular complexity index is 798. The van der Waals surface area contributed by atoms with Gasteiger partial charge in [-0.1, -0.05) is 47.7 Å². The number of nitrogens with one attached hydrogen (secondary N) is 1. The third-order valence-corrected chi connectivity index (χ3v) is 5.18. The van der Waals surface area contributed by atoms with Crippen LogP contribution in [0.15, 0.2) is 70.0 Å². The first-order valence-corrected chi connectivity index (χ1v) is 8.78. The number of rotatable bonds is 5. The normalized spacial score (nSPS) is 14.1. The largest absolute Gasteiger partial charge is 0.505 e. The Morgan fingerprint density at radius 2 is 1.96 bits per heavy atom. The average molecular weight is 341 g/mol. The third-order valence-electron chi connectivity index (χ3n) is 3.96. The summed E-state index contributed by atoms with van der Waals surface area (Å²) in [7, 11) is 0. The Kier molecular flexibility index (Phi) is 5.26. The van der Waals surface area contributed by atoms with Gasteiger partial charge in [0.25, 0.3) is 0 Å². The van der Waals surface area contributed by atoms with Crippen LogP contribution in [0.5, 0.6) is 5.75 Å². The lowest BCUT2D eigenvalue weighted by Crippen LogP contribution is -2.01. The Balaban J connectivity index is 1.71. The second kappa shape index (κ2) is 7.58. The molecule has 24 heavy (non-hydrogen) atoms. The molecule has 1 aliphatic rings. The number of allylic oxidation sites excluding steroid dienone is 4. The predicted octanol–water partition coefficient (Wildman–Crippen LogP) is 5.86. The summed E-state index contributed by atoms with van der Waals surface area (Å²) in [6, 6.07) is 12.6. The second-order valence-corrected chi connectivity index (χ2v) is 7.04. The zero-order chi connectivity index (χ0) is 16.9. The van der Waals surface area contributed by atoms with Crippen molar-refractivity contribution in [3.05, 3.63) is 76.5 Å². The van der Waals surface area contributed by atoms with Crippen molar-refractivity contribution in [2.75, 3.05) is 5.32 Å². The quantitative estimate of drug-likeness (QED) is 0.668. The van der Waals surface area contributed by atoms with Gasteiger partial charge >= 0.3 is 0 Å². The highest BCUT2D eigenvalue weighted by Crippen LogP contribution is 2.35. The molecular weight excluding hydrogens is 321 g/mol. The molecule has 0 atom stereocenters. The van der Waals surface area contributed by atoms with Crippen LogP contribution in [0.3, 0.4) is 0 Å². The van der Waals surface area contributed by atoms with Gasteiger partial charge in [0.1, 0.15) is 0 Å². The van der Waals surface area contributed by atoms with Crippen molar-refractivity contribution in [3.8, 4) is 5.75 Å². The Morgan fingerprint density at radius 1 is 1.12 bits per heavy atom. The Hall–Kier alpha value is -2.20. The number of hydrogen-bond donors (Lipinski definition) is 2. The van der Waals surface area contributed by atoms with E-state index in [9.17, 15) is 9.50 Å². The van der Waals surface area contributed by atoms with Gasteiger partial charge in [0.05, 0.1) is 0 Å². The van der Waals surface area contributed by atoms with Crippen LogP contribution in [-0.4, -0.2) is 5.11 Å². The van der Waals surface area contributed by atoms with Crippen molar-refractivity contribution in [2.45, 2.75) is 31.2 Å². The van der Waals surface area contributed by atoms with Gasteiger partial charge in [0.15, 0.2) is 11.6 Å². The number of phenols is 1. The fraction of sp³-hybridized carbons (Fsp3) is 0.200. The molecule has 0 heterocycles. The number of aromatic hydroxyl groups is 1. The van der Waals surface area contributed by atoms with E-state index < -0.39 is 5.82 Å². The maximum atomic E-state index is 13.4. The molecule has 0 unspecified atom stereocenters. The second-order valence-electron chi connectivity index (χ2n) is 5.88. The van der Waals surface area contributed by atoms with Crippen LogP contribution in [0, 0.1) is 5.82 Å². The van der Waals surface area contributed by atoms with E-state index in [1.807, 2.05) is 12.1 Å². The van der Waals surface area contributed by atoms with Crippen molar-refractivity contribution < 1.29 is 9.50 Å². The molecule has 0 aromatic heterocycles. The van der Waals surface area contributed by atoms with E-state index >= 15 is 0 Å². The van der Waals surface area contributed by atoms with Gasteiger partial charge in [-0.05, 0) is 48.4 Å². The molecule has 0 fully saturated rings. The van der Waals surface area contributed by atoms with Crippen molar-refractivity contribution in [1.29, 1.82) is 0 Å². The summed E-state index contributed by atoms with van der Waals surface area (Å²) in [6.07, 6.45) is 6.58. The molecule has 4 heteroatoms. The minimum absolute atomic E-state index is 0.330. The molecule has 0 saturated carbocycles. The summed E-state index contributed by atoms with van der Waals surface area (Å²) in [6.45, 7) is 2.77. The highest BCUT2D eigenvalue weighted by molar-refractivity contribution is 8.03. The van der Waals surface area contributed by atoms with Gasteiger partial charge < -0.3 is 10.4 Å². The van der Waals surface area contributed by atoms with E-state index in [1.165, 1.54) is 33.1 Å². The SMILES string of the molecule is CC1=CC=C(Sc2ccccc2CNc2ccc(O)c(F)c2)CC1. The minimum atomic E-state index is -0.614. The monoisotopic (exact) mass is 341 g/mol. The number of hydrogen-bond acceptors (Lipinski definition) is 3. The molecular formula is C20H20FNOS. The van der Waals surface area contributed by atoms with Gasteiger partial charge in [-0.3, -0.25) is 0 Å². The van der Waals surface area contributed by atoms with Crippen LogP contribution in [0.25, 0.3) is 0 Å². The number of thioether (sulfide) groups is 1. The summed E-state index contributed by atoms with van der Waals surface area (Å²) < 4.78 is 13.4. The average Bonchev–Trinajstić information content (AvgIpc) is 2.59. The lowest BCUT2D eigenvalue weighted by molar-refractivity contribution is 0.432. The molecule has 124 valence electrons. The molecule has 2 N–H and O–H groups in total. The van der Waals surface area contributed by atoms with Crippen LogP contribution in [0.1, 0.15) is 25.3 Å². The molecule has 2 aromatic rings. The number of anilines is 1. The lowest BCUT2D eigenvalue weighted by Gasteiger charge is -2.15. The first kappa shape index (κ1) is 16.7. The lowest BCUT2D eigenvalue weighted by atomic mass is 10.1. The van der Waals surface area contributed by atoms with Crippen molar-refractivity contribution >= 4 is 17.4 Å². The summed E-state index contributed by atoms with van der Waals surface area (Å²) >= 11 is 1.80. The Morgan fingerprint density at radius 3 is 2.71 bits per heavy atom. The van der Waals surface area contributed by atoms with Gasteiger partial charge in [-0.25, -0.2) is 4.39 Å². The molecule has 0 spiro atoms. The molecule has 0 radical (unpaired) electrons. The molecule has 0 amide bonds. The van der Waals surface area contributed by atoms with Gasteiger partial charge in [0.2, 0.25) is 0 Å². The standard InChI is InChI=1S/C20H20FNOS/c1-14-6-9-17(10-7-14)24-20-5-3-2-4-15(20)13-22-16-8-11-19(23)18(21)12-16/h2-6,8-9,11-12,22-23H,7,10,13H2,1H3. The maximum absolute atomic E-state index is 13.4. The highest BCUT2D eigenvalue weighted by Gasteiger charge is 2.09. The molecule has 0 saturated heterocycles. The molecule has 1 aliphatic carbocycles. The predicted molar refractivity (Wildman–Crippen MR) is 98.8 cm³/mol.